The number of rotatable bonds is 3. The summed E-state index contributed by atoms with van der Waals surface area (Å²) in [6, 6.07) is 5.75. The third-order valence-corrected chi connectivity index (χ3v) is 3.28. The van der Waals surface area contributed by atoms with Crippen LogP contribution >= 0.6 is 0 Å². The molecule has 2 aromatic rings. The molecule has 1 aromatic heterocycles. The third-order valence-electron chi connectivity index (χ3n) is 3.28. The second kappa shape index (κ2) is 4.96. The summed E-state index contributed by atoms with van der Waals surface area (Å²) < 4.78 is 12.9. The SMILES string of the molecule is CCn1nc(C)c(N)c1Nc1ccc2c(c1)OCCO2. The van der Waals surface area contributed by atoms with Crippen molar-refractivity contribution in [3.63, 3.8) is 0 Å². The van der Waals surface area contributed by atoms with Crippen molar-refractivity contribution in [1.29, 1.82) is 0 Å². The highest BCUT2D eigenvalue weighted by Gasteiger charge is 2.15. The summed E-state index contributed by atoms with van der Waals surface area (Å²) in [5.41, 5.74) is 8.46. The second-order valence-electron chi connectivity index (χ2n) is 4.65. The first kappa shape index (κ1) is 12.7. The summed E-state index contributed by atoms with van der Waals surface area (Å²) in [4.78, 5) is 0. The van der Waals surface area contributed by atoms with Crippen LogP contribution in [0.5, 0.6) is 11.5 Å². The van der Waals surface area contributed by atoms with Gasteiger partial charge in [-0.25, -0.2) is 4.68 Å². The maximum atomic E-state index is 6.06. The van der Waals surface area contributed by atoms with Gasteiger partial charge in [-0.3, -0.25) is 0 Å². The van der Waals surface area contributed by atoms with Crippen molar-refractivity contribution in [2.75, 3.05) is 24.3 Å². The van der Waals surface area contributed by atoms with E-state index < -0.39 is 0 Å². The summed E-state index contributed by atoms with van der Waals surface area (Å²) in [6.07, 6.45) is 0. The van der Waals surface area contributed by atoms with Crippen molar-refractivity contribution in [1.82, 2.24) is 9.78 Å². The number of hydrogen-bond donors (Lipinski definition) is 2. The number of aryl methyl sites for hydroxylation is 2. The minimum Gasteiger partial charge on any atom is -0.486 e. The number of aromatic nitrogens is 2. The summed E-state index contributed by atoms with van der Waals surface area (Å²) in [5.74, 6) is 2.33. The van der Waals surface area contributed by atoms with Gasteiger partial charge in [0.15, 0.2) is 17.3 Å². The fourth-order valence-electron chi connectivity index (χ4n) is 2.21. The van der Waals surface area contributed by atoms with E-state index in [0.29, 0.717) is 18.9 Å². The van der Waals surface area contributed by atoms with Crippen molar-refractivity contribution < 1.29 is 9.47 Å². The molecule has 20 heavy (non-hydrogen) atoms. The Hall–Kier alpha value is -2.37. The van der Waals surface area contributed by atoms with Crippen LogP contribution in [0, 0.1) is 6.92 Å². The number of anilines is 3. The second-order valence-corrected chi connectivity index (χ2v) is 4.65. The van der Waals surface area contributed by atoms with E-state index in [4.69, 9.17) is 15.2 Å². The number of nitrogens with two attached hydrogens (primary N) is 1. The molecule has 2 heterocycles. The fourth-order valence-corrected chi connectivity index (χ4v) is 2.21. The summed E-state index contributed by atoms with van der Waals surface area (Å²) in [7, 11) is 0. The number of hydrogen-bond acceptors (Lipinski definition) is 5. The van der Waals surface area contributed by atoms with Gasteiger partial charge in [0.25, 0.3) is 0 Å². The number of ether oxygens (including phenoxy) is 2. The first-order valence-corrected chi connectivity index (χ1v) is 6.68. The van der Waals surface area contributed by atoms with Crippen LogP contribution < -0.4 is 20.5 Å². The normalized spacial score (nSPS) is 13.3. The smallest absolute Gasteiger partial charge is 0.163 e. The molecule has 0 saturated carbocycles. The van der Waals surface area contributed by atoms with Crippen LogP contribution in [0.25, 0.3) is 0 Å². The predicted octanol–water partition coefficient (Wildman–Crippen LogP) is 2.31. The summed E-state index contributed by atoms with van der Waals surface area (Å²) >= 11 is 0. The molecular weight excluding hydrogens is 256 g/mol. The number of nitrogen functional groups attached to an aromatic ring is 1. The molecule has 3 rings (SSSR count). The molecule has 0 fully saturated rings. The first-order chi connectivity index (χ1) is 9.69. The maximum absolute atomic E-state index is 6.06. The number of benzene rings is 1. The molecule has 0 spiro atoms. The van der Waals surface area contributed by atoms with Crippen molar-refractivity contribution in [3.8, 4) is 11.5 Å². The zero-order chi connectivity index (χ0) is 14.1. The Balaban J connectivity index is 1.91. The van der Waals surface area contributed by atoms with Gasteiger partial charge in [0, 0.05) is 18.3 Å². The Labute approximate surface area is 117 Å². The molecule has 106 valence electrons. The van der Waals surface area contributed by atoms with Gasteiger partial charge in [-0.1, -0.05) is 0 Å². The summed E-state index contributed by atoms with van der Waals surface area (Å²) in [5, 5.41) is 7.69. The van der Waals surface area contributed by atoms with Crippen LogP contribution in [-0.2, 0) is 6.54 Å². The van der Waals surface area contributed by atoms with Crippen LogP contribution in [0.1, 0.15) is 12.6 Å². The van der Waals surface area contributed by atoms with Gasteiger partial charge in [-0.05, 0) is 26.0 Å². The third kappa shape index (κ3) is 2.13. The lowest BCUT2D eigenvalue weighted by Crippen LogP contribution is -2.15. The van der Waals surface area contributed by atoms with Gasteiger partial charge in [-0.2, -0.15) is 5.10 Å². The molecule has 0 amide bonds. The van der Waals surface area contributed by atoms with Crippen molar-refractivity contribution in [3.05, 3.63) is 23.9 Å². The minimum absolute atomic E-state index is 0.574. The molecule has 1 aromatic carbocycles. The lowest BCUT2D eigenvalue weighted by Gasteiger charge is -2.19. The molecule has 0 unspecified atom stereocenters. The van der Waals surface area contributed by atoms with E-state index >= 15 is 0 Å². The van der Waals surface area contributed by atoms with E-state index in [1.165, 1.54) is 0 Å². The topological polar surface area (TPSA) is 74.3 Å². The van der Waals surface area contributed by atoms with Crippen molar-refractivity contribution >= 4 is 17.2 Å². The van der Waals surface area contributed by atoms with Crippen LogP contribution in [0.3, 0.4) is 0 Å². The number of nitrogens with one attached hydrogen (secondary N) is 1. The Morgan fingerprint density at radius 3 is 2.80 bits per heavy atom. The molecule has 0 aliphatic carbocycles. The molecule has 1 aliphatic heterocycles. The highest BCUT2D eigenvalue weighted by molar-refractivity contribution is 5.72. The molecule has 0 radical (unpaired) electrons. The first-order valence-electron chi connectivity index (χ1n) is 6.68. The van der Waals surface area contributed by atoms with Gasteiger partial charge in [0.2, 0.25) is 0 Å². The van der Waals surface area contributed by atoms with E-state index in [1.54, 1.807) is 0 Å². The molecule has 0 atom stereocenters. The molecule has 3 N–H and O–H groups in total. The van der Waals surface area contributed by atoms with Crippen molar-refractivity contribution in [2.24, 2.45) is 0 Å². The quantitative estimate of drug-likeness (QED) is 0.898. The van der Waals surface area contributed by atoms with Crippen LogP contribution in [0.4, 0.5) is 17.2 Å². The summed E-state index contributed by atoms with van der Waals surface area (Å²) in [6.45, 7) is 5.85. The van der Waals surface area contributed by atoms with E-state index in [9.17, 15) is 0 Å². The lowest BCUT2D eigenvalue weighted by atomic mass is 10.2. The van der Waals surface area contributed by atoms with E-state index in [2.05, 4.69) is 10.4 Å². The highest BCUT2D eigenvalue weighted by Crippen LogP contribution is 2.34. The lowest BCUT2D eigenvalue weighted by molar-refractivity contribution is 0.171. The minimum atomic E-state index is 0.574. The zero-order valence-electron chi connectivity index (χ0n) is 11.6. The molecule has 0 saturated heterocycles. The van der Waals surface area contributed by atoms with Crippen LogP contribution in [0.15, 0.2) is 18.2 Å². The van der Waals surface area contributed by atoms with Crippen LogP contribution in [0.2, 0.25) is 0 Å². The van der Waals surface area contributed by atoms with E-state index in [1.807, 2.05) is 36.7 Å². The zero-order valence-corrected chi connectivity index (χ0v) is 11.6. The predicted molar refractivity (Wildman–Crippen MR) is 77.8 cm³/mol. The van der Waals surface area contributed by atoms with Gasteiger partial charge >= 0.3 is 0 Å². The molecule has 6 heteroatoms. The van der Waals surface area contributed by atoms with Gasteiger partial charge in [0.1, 0.15) is 13.2 Å². The Kier molecular flexibility index (Phi) is 3.14. The van der Waals surface area contributed by atoms with Gasteiger partial charge < -0.3 is 20.5 Å². The molecule has 1 aliphatic rings. The average Bonchev–Trinajstić information content (AvgIpc) is 2.75. The van der Waals surface area contributed by atoms with Crippen LogP contribution in [-0.4, -0.2) is 23.0 Å². The number of nitrogens with zero attached hydrogens (tertiary/aromatic N) is 2. The number of fused-ring (bicyclic) bond motifs is 1. The maximum Gasteiger partial charge on any atom is 0.163 e. The highest BCUT2D eigenvalue weighted by atomic mass is 16.6. The standard InChI is InChI=1S/C14H18N4O2/c1-3-18-14(13(15)9(2)17-18)16-10-4-5-11-12(8-10)20-7-6-19-11/h4-5,8,16H,3,6-7,15H2,1-2H3. The molecule has 0 bridgehead atoms. The monoisotopic (exact) mass is 274 g/mol. The Morgan fingerprint density at radius 1 is 1.30 bits per heavy atom. The average molecular weight is 274 g/mol. The van der Waals surface area contributed by atoms with E-state index in [0.717, 1.165) is 35.2 Å². The van der Waals surface area contributed by atoms with E-state index in [-0.39, 0.29) is 0 Å². The Bertz CT molecular complexity index is 636. The van der Waals surface area contributed by atoms with Gasteiger partial charge in [0.05, 0.1) is 11.4 Å². The molecular formula is C14H18N4O2. The Morgan fingerprint density at radius 2 is 2.05 bits per heavy atom. The largest absolute Gasteiger partial charge is 0.486 e. The molecule has 6 nitrogen and oxygen atoms in total. The fraction of sp³-hybridized carbons (Fsp3) is 0.357. The van der Waals surface area contributed by atoms with Gasteiger partial charge in [-0.15, -0.1) is 0 Å². The van der Waals surface area contributed by atoms with Crippen molar-refractivity contribution in [2.45, 2.75) is 20.4 Å².